The van der Waals surface area contributed by atoms with E-state index in [-0.39, 0.29) is 36.1 Å². The minimum absolute atomic E-state index is 0.0827. The summed E-state index contributed by atoms with van der Waals surface area (Å²) in [5.41, 5.74) is 1.07. The van der Waals surface area contributed by atoms with E-state index in [4.69, 9.17) is 4.74 Å². The second-order valence-corrected chi connectivity index (χ2v) is 11.1. The molecular formula is C26H28N4O5S. The van der Waals surface area contributed by atoms with E-state index in [2.05, 4.69) is 16.0 Å². The SMILES string of the molecule is CNC(=O)Nc1ccc2c(c1)CC[C@@]21NC(=O)N(CC(=O)C2Cc3sccc3OC[C@H]2C2CC2)C1=O. The van der Waals surface area contributed by atoms with Gasteiger partial charge in [-0.25, -0.2) is 9.59 Å². The minimum Gasteiger partial charge on any atom is -0.492 e. The number of carbonyl (C=O) groups excluding carboxylic acids is 4. The Morgan fingerprint density at radius 2 is 2.08 bits per heavy atom. The molecule has 1 saturated carbocycles. The molecule has 0 radical (unpaired) electrons. The van der Waals surface area contributed by atoms with Crippen LogP contribution in [0.25, 0.3) is 0 Å². The first-order chi connectivity index (χ1) is 17.4. The highest BCUT2D eigenvalue weighted by Gasteiger charge is 2.56. The number of fused-ring (bicyclic) bond motifs is 3. The topological polar surface area (TPSA) is 117 Å². The zero-order chi connectivity index (χ0) is 25.0. The predicted molar refractivity (Wildman–Crippen MR) is 133 cm³/mol. The summed E-state index contributed by atoms with van der Waals surface area (Å²) in [7, 11) is 1.54. The Morgan fingerprint density at radius 1 is 1.25 bits per heavy atom. The van der Waals surface area contributed by atoms with Gasteiger partial charge in [0, 0.05) is 29.4 Å². The molecule has 1 aromatic carbocycles. The summed E-state index contributed by atoms with van der Waals surface area (Å²) in [5.74, 6) is 0.676. The molecule has 5 amide bonds. The molecule has 2 aromatic rings. The van der Waals surface area contributed by atoms with Crippen LogP contribution in [0.5, 0.6) is 5.75 Å². The van der Waals surface area contributed by atoms with E-state index < -0.39 is 11.6 Å². The van der Waals surface area contributed by atoms with Crippen molar-refractivity contribution in [3.63, 3.8) is 0 Å². The molecule has 3 atom stereocenters. The number of carbonyl (C=O) groups is 4. The molecule has 0 bridgehead atoms. The van der Waals surface area contributed by atoms with E-state index in [0.29, 0.717) is 37.5 Å². The first-order valence-corrected chi connectivity index (χ1v) is 13.3. The Morgan fingerprint density at radius 3 is 2.86 bits per heavy atom. The number of urea groups is 2. The first-order valence-electron chi connectivity index (χ1n) is 12.4. The number of hydrogen-bond donors (Lipinski definition) is 3. The smallest absolute Gasteiger partial charge is 0.325 e. The quantitative estimate of drug-likeness (QED) is 0.537. The number of imide groups is 1. The van der Waals surface area contributed by atoms with E-state index in [1.807, 2.05) is 17.5 Å². The fourth-order valence-corrected chi connectivity index (χ4v) is 6.82. The summed E-state index contributed by atoms with van der Waals surface area (Å²) in [6.07, 6.45) is 3.76. The van der Waals surface area contributed by atoms with Crippen molar-refractivity contribution in [2.45, 2.75) is 37.6 Å². The summed E-state index contributed by atoms with van der Waals surface area (Å²) in [4.78, 5) is 54.1. The molecule has 3 N–H and O–H groups in total. The van der Waals surface area contributed by atoms with E-state index >= 15 is 0 Å². The van der Waals surface area contributed by atoms with Gasteiger partial charge in [0.1, 0.15) is 11.3 Å². The monoisotopic (exact) mass is 508 g/mol. The van der Waals surface area contributed by atoms with Crippen molar-refractivity contribution in [2.24, 2.45) is 17.8 Å². The third-order valence-electron chi connectivity index (χ3n) is 8.01. The number of anilines is 1. The van der Waals surface area contributed by atoms with Crippen molar-refractivity contribution in [3.8, 4) is 5.75 Å². The molecule has 188 valence electrons. The van der Waals surface area contributed by atoms with Crippen LogP contribution in [0.4, 0.5) is 15.3 Å². The largest absolute Gasteiger partial charge is 0.492 e. The zero-order valence-electron chi connectivity index (χ0n) is 20.0. The summed E-state index contributed by atoms with van der Waals surface area (Å²) in [5, 5.41) is 10.1. The molecule has 1 spiro atoms. The van der Waals surface area contributed by atoms with E-state index in [1.54, 1.807) is 23.5 Å². The predicted octanol–water partition coefficient (Wildman–Crippen LogP) is 3.04. The van der Waals surface area contributed by atoms with E-state index in [9.17, 15) is 19.2 Å². The minimum atomic E-state index is -1.17. The second-order valence-electron chi connectivity index (χ2n) is 10.1. The molecule has 3 heterocycles. The molecular weight excluding hydrogens is 480 g/mol. The van der Waals surface area contributed by atoms with Crippen LogP contribution in [-0.2, 0) is 28.0 Å². The van der Waals surface area contributed by atoms with Crippen LogP contribution in [0, 0.1) is 17.8 Å². The van der Waals surface area contributed by atoms with Gasteiger partial charge >= 0.3 is 12.1 Å². The lowest BCUT2D eigenvalue weighted by molar-refractivity contribution is -0.136. The maximum absolute atomic E-state index is 13.7. The highest BCUT2D eigenvalue weighted by Crippen LogP contribution is 2.46. The number of ether oxygens (including phenoxy) is 1. The molecule has 2 aliphatic heterocycles. The number of hydrogen-bond acceptors (Lipinski definition) is 6. The van der Waals surface area contributed by atoms with Crippen LogP contribution in [0.15, 0.2) is 29.6 Å². The Bertz CT molecular complexity index is 1270. The fraction of sp³-hybridized carbons (Fsp3) is 0.462. The molecule has 9 nitrogen and oxygen atoms in total. The van der Waals surface area contributed by atoms with Gasteiger partial charge in [-0.15, -0.1) is 11.3 Å². The van der Waals surface area contributed by atoms with Gasteiger partial charge in [-0.1, -0.05) is 6.07 Å². The molecule has 2 fully saturated rings. The van der Waals surface area contributed by atoms with Crippen LogP contribution in [0.1, 0.15) is 35.3 Å². The molecule has 4 aliphatic rings. The Hall–Kier alpha value is -3.40. The van der Waals surface area contributed by atoms with Crippen LogP contribution in [0.2, 0.25) is 0 Å². The number of aryl methyl sites for hydroxylation is 1. The summed E-state index contributed by atoms with van der Waals surface area (Å²) in [6, 6.07) is 6.42. The summed E-state index contributed by atoms with van der Waals surface area (Å²) in [6.45, 7) is 0.265. The average Bonchev–Trinajstić information content (AvgIpc) is 3.50. The lowest BCUT2D eigenvalue weighted by Gasteiger charge is -2.25. The highest BCUT2D eigenvalue weighted by molar-refractivity contribution is 7.10. The van der Waals surface area contributed by atoms with Gasteiger partial charge < -0.3 is 20.7 Å². The average molecular weight is 509 g/mol. The number of amides is 5. The Kier molecular flexibility index (Phi) is 5.51. The zero-order valence-corrected chi connectivity index (χ0v) is 20.8. The molecule has 2 aliphatic carbocycles. The van der Waals surface area contributed by atoms with E-state index in [0.717, 1.165) is 39.5 Å². The Balaban J connectivity index is 1.22. The second kappa shape index (κ2) is 8.62. The first kappa shape index (κ1) is 23.0. The van der Waals surface area contributed by atoms with Crippen LogP contribution in [0.3, 0.4) is 0 Å². The van der Waals surface area contributed by atoms with Gasteiger partial charge in [0.15, 0.2) is 5.78 Å². The third kappa shape index (κ3) is 3.75. The number of nitrogens with zero attached hydrogens (tertiary/aromatic N) is 1. The maximum Gasteiger partial charge on any atom is 0.325 e. The molecule has 10 heteroatoms. The number of nitrogens with one attached hydrogen (secondary N) is 3. The molecule has 6 rings (SSSR count). The number of benzene rings is 1. The van der Waals surface area contributed by atoms with Crippen molar-refractivity contribution in [3.05, 3.63) is 45.6 Å². The third-order valence-corrected chi connectivity index (χ3v) is 8.93. The van der Waals surface area contributed by atoms with Crippen molar-refractivity contribution < 1.29 is 23.9 Å². The van der Waals surface area contributed by atoms with Crippen molar-refractivity contribution in [2.75, 3.05) is 25.5 Å². The molecule has 36 heavy (non-hydrogen) atoms. The lowest BCUT2D eigenvalue weighted by atomic mass is 9.82. The maximum atomic E-state index is 13.7. The number of Topliss-reactive ketones (excluding diaryl/α,β-unsaturated/α-hetero) is 1. The van der Waals surface area contributed by atoms with Crippen molar-refractivity contribution in [1.29, 1.82) is 0 Å². The lowest BCUT2D eigenvalue weighted by Crippen LogP contribution is -2.43. The van der Waals surface area contributed by atoms with Gasteiger partial charge in [-0.3, -0.25) is 14.5 Å². The number of ketones is 1. The van der Waals surface area contributed by atoms with E-state index in [1.165, 1.54) is 7.05 Å². The van der Waals surface area contributed by atoms with Gasteiger partial charge in [-0.2, -0.15) is 0 Å². The Labute approximate surface area is 212 Å². The fourth-order valence-electron chi connectivity index (χ4n) is 5.94. The molecule has 1 aromatic heterocycles. The highest BCUT2D eigenvalue weighted by atomic mass is 32.1. The van der Waals surface area contributed by atoms with Gasteiger partial charge in [0.2, 0.25) is 0 Å². The van der Waals surface area contributed by atoms with Gasteiger partial charge in [0.05, 0.1) is 13.2 Å². The number of rotatable bonds is 5. The van der Waals surface area contributed by atoms with Crippen LogP contribution in [-0.4, -0.2) is 48.9 Å². The standard InChI is InChI=1S/C26H28N4O5S/c1-27-24(33)28-16-4-5-19-15(10-16)6-8-26(19)23(32)30(25(34)29-26)12-20(31)17-11-22-21(7-9-36-22)35-13-18(17)14-2-3-14/h4-5,7,9-10,14,17-18H,2-3,6,8,11-13H2,1H3,(H,29,34)(H2,27,28,33)/t17?,18-,26+/m0/s1. The van der Waals surface area contributed by atoms with Crippen molar-refractivity contribution >= 4 is 40.8 Å². The van der Waals surface area contributed by atoms with Crippen LogP contribution >= 0.6 is 11.3 Å². The normalized spacial score (nSPS) is 26.6. The van der Waals surface area contributed by atoms with Gasteiger partial charge in [0.25, 0.3) is 5.91 Å². The number of thiophene rings is 1. The summed E-state index contributed by atoms with van der Waals surface area (Å²) >= 11 is 1.58. The molecule has 1 unspecified atom stereocenters. The summed E-state index contributed by atoms with van der Waals surface area (Å²) < 4.78 is 6.02. The van der Waals surface area contributed by atoms with Crippen LogP contribution < -0.4 is 20.7 Å². The van der Waals surface area contributed by atoms with Gasteiger partial charge in [-0.05, 0) is 72.7 Å². The van der Waals surface area contributed by atoms with Crippen molar-refractivity contribution in [1.82, 2.24) is 15.5 Å². The molecule has 1 saturated heterocycles.